The lowest BCUT2D eigenvalue weighted by atomic mass is 10.0. The van der Waals surface area contributed by atoms with Crippen molar-refractivity contribution in [2.24, 2.45) is 5.73 Å². The van der Waals surface area contributed by atoms with Crippen LogP contribution in [0.1, 0.15) is 59.6 Å². The van der Waals surface area contributed by atoms with E-state index in [-0.39, 0.29) is 27.8 Å². The highest BCUT2D eigenvalue weighted by molar-refractivity contribution is 7.70. The monoisotopic (exact) mass is 1200 g/mol. The molecule has 0 saturated carbocycles. The SMILES string of the molecule is C=CC(=O)Nc1cc(Nc2ncc(Cl)c(Nc3ccccc3P(C)(C)=O)n2)c(OC)cc1C#CC(C)(C)N.C=CC(=O)Nc1cc(Nc2ncc(Cl)c(Nc3ccccc3P(C)(C)=O)n2)c(OC)cc1C#CC(C)(C)NC(=O)OC(C)(C)C. The molecule has 2 aromatic heterocycles. The fourth-order valence-corrected chi connectivity index (χ4v) is 9.73. The summed E-state index contributed by atoms with van der Waals surface area (Å²) in [7, 11) is -2.18. The largest absolute Gasteiger partial charge is 0.495 e. The van der Waals surface area contributed by atoms with Gasteiger partial charge in [-0.3, -0.25) is 9.59 Å². The summed E-state index contributed by atoms with van der Waals surface area (Å²) >= 11 is 12.8. The van der Waals surface area contributed by atoms with Gasteiger partial charge in [-0.25, -0.2) is 14.8 Å². The Morgan fingerprint density at radius 3 is 1.36 bits per heavy atom. The minimum absolute atomic E-state index is 0.163. The fourth-order valence-electron chi connectivity index (χ4n) is 7.14. The van der Waals surface area contributed by atoms with E-state index in [4.69, 9.17) is 43.1 Å². The average Bonchev–Trinajstić information content (AvgIpc) is 3.17. The summed E-state index contributed by atoms with van der Waals surface area (Å²) in [6.07, 6.45) is 4.54. The Bertz CT molecular complexity index is 3680. The van der Waals surface area contributed by atoms with Gasteiger partial charge in [-0.1, -0.05) is 84.3 Å². The molecule has 2 heterocycles. The molecule has 20 nitrogen and oxygen atoms in total. The lowest BCUT2D eigenvalue weighted by molar-refractivity contribution is -0.112. The molecule has 0 radical (unpaired) electrons. The van der Waals surface area contributed by atoms with E-state index in [0.717, 1.165) is 12.2 Å². The molecule has 0 spiro atoms. The molecule has 6 rings (SSSR count). The van der Waals surface area contributed by atoms with Crippen molar-refractivity contribution in [1.29, 1.82) is 0 Å². The van der Waals surface area contributed by atoms with Crippen LogP contribution in [0, 0.1) is 23.7 Å². The number of alkyl carbamates (subject to hydrolysis) is 1. The van der Waals surface area contributed by atoms with Gasteiger partial charge in [-0.2, -0.15) is 9.97 Å². The maximum Gasteiger partial charge on any atom is 0.408 e. The summed E-state index contributed by atoms with van der Waals surface area (Å²) in [6.45, 7) is 26.1. The number of nitrogens with zero attached hydrogens (tertiary/aromatic N) is 4. The summed E-state index contributed by atoms with van der Waals surface area (Å²) in [6, 6.07) is 21.0. The van der Waals surface area contributed by atoms with E-state index in [0.29, 0.717) is 73.2 Å². The van der Waals surface area contributed by atoms with Crippen LogP contribution < -0.4 is 63.0 Å². The molecule has 0 aliphatic rings. The second-order valence-electron chi connectivity index (χ2n) is 21.1. The van der Waals surface area contributed by atoms with Crippen molar-refractivity contribution >= 4 is 124 Å². The van der Waals surface area contributed by atoms with Crippen molar-refractivity contribution in [1.82, 2.24) is 25.3 Å². The molecule has 6 aromatic rings. The lowest BCUT2D eigenvalue weighted by Gasteiger charge is -2.24. The van der Waals surface area contributed by atoms with Gasteiger partial charge in [0.1, 0.15) is 41.4 Å². The molecule has 0 unspecified atom stereocenters. The first-order valence-corrected chi connectivity index (χ1v) is 31.3. The van der Waals surface area contributed by atoms with Crippen LogP contribution in [0.2, 0.25) is 10.0 Å². The van der Waals surface area contributed by atoms with Gasteiger partial charge < -0.3 is 66.3 Å². The number of nitrogens with two attached hydrogens (primary N) is 1. The van der Waals surface area contributed by atoms with Crippen LogP contribution >= 0.6 is 37.5 Å². The predicted octanol–water partition coefficient (Wildman–Crippen LogP) is 11.7. The van der Waals surface area contributed by atoms with Crippen LogP contribution in [0.4, 0.5) is 62.5 Å². The lowest BCUT2D eigenvalue weighted by Crippen LogP contribution is -2.44. The van der Waals surface area contributed by atoms with Crippen LogP contribution in [0.3, 0.4) is 0 Å². The average molecular weight is 1210 g/mol. The number of aromatic nitrogens is 4. The molecule has 436 valence electrons. The van der Waals surface area contributed by atoms with Crippen molar-refractivity contribution < 1.29 is 37.7 Å². The highest BCUT2D eigenvalue weighted by atomic mass is 35.5. The Kier molecular flexibility index (Phi) is 21.8. The van der Waals surface area contributed by atoms with Crippen molar-refractivity contribution in [2.75, 3.05) is 72.8 Å². The molecule has 24 heteroatoms. The van der Waals surface area contributed by atoms with Crippen LogP contribution in [0.25, 0.3) is 0 Å². The first-order valence-electron chi connectivity index (χ1n) is 25.3. The summed E-state index contributed by atoms with van der Waals surface area (Å²) in [5.74, 6) is 12.9. The molecule has 3 amide bonds. The smallest absolute Gasteiger partial charge is 0.408 e. The molecular formula is C59H68Cl2N12O8P2. The summed E-state index contributed by atoms with van der Waals surface area (Å²) < 4.78 is 42.1. The number of anilines is 10. The molecule has 0 atom stereocenters. The molecule has 0 aliphatic heterocycles. The number of methoxy groups -OCH3 is 2. The van der Waals surface area contributed by atoms with E-state index >= 15 is 0 Å². The van der Waals surface area contributed by atoms with Gasteiger partial charge in [0.15, 0.2) is 11.6 Å². The van der Waals surface area contributed by atoms with Crippen molar-refractivity contribution in [3.05, 3.63) is 132 Å². The number of amides is 3. The van der Waals surface area contributed by atoms with Crippen molar-refractivity contribution in [2.45, 2.75) is 65.1 Å². The molecular weight excluding hydrogens is 1140 g/mol. The minimum Gasteiger partial charge on any atom is -0.495 e. The quantitative estimate of drug-likeness (QED) is 0.0239. The van der Waals surface area contributed by atoms with E-state index in [2.05, 4.69) is 94.0 Å². The maximum absolute atomic E-state index is 12.8. The normalized spacial score (nSPS) is 11.3. The summed E-state index contributed by atoms with van der Waals surface area (Å²) in [5, 5.41) is 22.6. The standard InChI is InChI=1S/C32H38ClN6O5P.C27H30ClN6O3P/c1-10-27(40)35-23-18-24(25(43-7)17-20(23)15-16-32(5,6)39-30(41)44-31(2,3)4)37-29-34-19-21(33)28(38-29)36-22-13-11-12-14-26(22)45(8,9)42;1-7-24(35)31-20-15-21(22(37-4)14-17(20)12-13-27(2,3)29)33-26-30-16-18(28)25(34-26)32-19-10-8-9-11-23(19)38(5,6)36/h10-14,17-19H,1H2,2-9H3,(H,35,40)(H,39,41)(H2,34,36,37,38);7-11,14-16H,1,29H2,2-6H3,(H,31,35)(H2,30,32,33,34). The zero-order chi connectivity index (χ0) is 61.7. The highest BCUT2D eigenvalue weighted by Crippen LogP contribution is 2.41. The molecule has 4 aromatic carbocycles. The summed E-state index contributed by atoms with van der Waals surface area (Å²) in [4.78, 5) is 54.3. The van der Waals surface area contributed by atoms with Gasteiger partial charge in [-0.05, 0) is 124 Å². The third kappa shape index (κ3) is 20.0. The first kappa shape index (κ1) is 65.5. The van der Waals surface area contributed by atoms with Crippen LogP contribution in [-0.4, -0.2) is 95.4 Å². The van der Waals surface area contributed by atoms with Gasteiger partial charge >= 0.3 is 6.09 Å². The topological polar surface area (TPSA) is 275 Å². The van der Waals surface area contributed by atoms with Crippen LogP contribution in [0.15, 0.2) is 111 Å². The molecule has 83 heavy (non-hydrogen) atoms. The third-order valence-electron chi connectivity index (χ3n) is 10.9. The molecule has 0 aliphatic carbocycles. The van der Waals surface area contributed by atoms with Crippen molar-refractivity contribution in [3.63, 3.8) is 0 Å². The number of ether oxygens (including phenoxy) is 3. The number of benzene rings is 4. The van der Waals surface area contributed by atoms with Crippen LogP contribution in [0.5, 0.6) is 11.5 Å². The Hall–Kier alpha value is -8.35. The Morgan fingerprint density at radius 2 is 1.00 bits per heavy atom. The second-order valence-corrected chi connectivity index (χ2v) is 28.3. The fraction of sp³-hybridized carbons (Fsp3) is 0.271. The minimum atomic E-state index is -2.60. The van der Waals surface area contributed by atoms with Gasteiger partial charge in [0.05, 0.1) is 82.9 Å². The number of carbonyl (C=O) groups excluding carboxylic acids is 3. The van der Waals surface area contributed by atoms with E-state index in [1.54, 1.807) is 124 Å². The van der Waals surface area contributed by atoms with Crippen LogP contribution in [-0.2, 0) is 23.5 Å². The molecule has 0 saturated heterocycles. The van der Waals surface area contributed by atoms with Gasteiger partial charge in [-0.15, -0.1) is 0 Å². The predicted molar refractivity (Wildman–Crippen MR) is 337 cm³/mol. The second kappa shape index (κ2) is 27.6. The molecule has 0 fully saturated rings. The van der Waals surface area contributed by atoms with Crippen molar-refractivity contribution in [3.8, 4) is 35.2 Å². The number of hydrogen-bond acceptors (Lipinski definition) is 17. The number of rotatable bonds is 17. The Balaban J connectivity index is 0.000000308. The number of hydrogen-bond donors (Lipinski definition) is 8. The molecule has 0 bridgehead atoms. The van der Waals surface area contributed by atoms with E-state index in [1.165, 1.54) is 26.6 Å². The highest BCUT2D eigenvalue weighted by Gasteiger charge is 2.25. The zero-order valence-corrected chi connectivity index (χ0v) is 51.7. The number of nitrogens with one attached hydrogen (secondary N) is 7. The molecule has 9 N–H and O–H groups in total. The first-order chi connectivity index (χ1) is 38.7. The number of carbonyl (C=O) groups is 3. The van der Waals surface area contributed by atoms with E-state index in [1.807, 2.05) is 24.3 Å². The van der Waals surface area contributed by atoms with E-state index < -0.39 is 48.9 Å². The van der Waals surface area contributed by atoms with Gasteiger partial charge in [0.25, 0.3) is 0 Å². The number of para-hydroxylation sites is 2. The van der Waals surface area contributed by atoms with Gasteiger partial charge in [0, 0.05) is 22.7 Å². The Morgan fingerprint density at radius 1 is 0.602 bits per heavy atom. The van der Waals surface area contributed by atoms with Gasteiger partial charge in [0.2, 0.25) is 23.7 Å². The zero-order valence-electron chi connectivity index (χ0n) is 48.4. The summed E-state index contributed by atoms with van der Waals surface area (Å²) in [5.41, 5.74) is 7.39. The number of halogens is 2. The Labute approximate surface area is 494 Å². The van der Waals surface area contributed by atoms with E-state index in [9.17, 15) is 23.5 Å². The maximum atomic E-state index is 12.8. The third-order valence-corrected chi connectivity index (χ3v) is 14.5.